The normalized spacial score (nSPS) is 16.3. The van der Waals surface area contributed by atoms with Crippen molar-refractivity contribution in [3.8, 4) is 0 Å². The second kappa shape index (κ2) is 7.38. The quantitative estimate of drug-likeness (QED) is 0.781. The van der Waals surface area contributed by atoms with Crippen molar-refractivity contribution in [1.29, 1.82) is 0 Å². The molecule has 0 saturated carbocycles. The minimum atomic E-state index is -0.0879. The molecule has 5 nitrogen and oxygen atoms in total. The van der Waals surface area contributed by atoms with Gasteiger partial charge in [0.25, 0.3) is 0 Å². The van der Waals surface area contributed by atoms with Gasteiger partial charge < -0.3 is 9.64 Å². The number of esters is 1. The first-order chi connectivity index (χ1) is 10.2. The Kier molecular flexibility index (Phi) is 5.53. The molecule has 0 atom stereocenters. The summed E-state index contributed by atoms with van der Waals surface area (Å²) in [6.45, 7) is 6.08. The molecule has 1 aromatic rings. The fourth-order valence-electron chi connectivity index (χ4n) is 2.98. The van der Waals surface area contributed by atoms with Gasteiger partial charge in [0.05, 0.1) is 13.0 Å². The second-order valence-electron chi connectivity index (χ2n) is 5.60. The van der Waals surface area contributed by atoms with Crippen LogP contribution in [-0.2, 0) is 9.53 Å². The van der Waals surface area contributed by atoms with E-state index in [-0.39, 0.29) is 11.9 Å². The Bertz CT molecular complexity index is 466. The van der Waals surface area contributed by atoms with E-state index in [0.29, 0.717) is 5.92 Å². The predicted molar refractivity (Wildman–Crippen MR) is 82.3 cm³/mol. The van der Waals surface area contributed by atoms with Crippen LogP contribution < -0.4 is 4.90 Å². The third-order valence-electron chi connectivity index (χ3n) is 4.43. The lowest BCUT2D eigenvalue weighted by Gasteiger charge is -2.31. The molecular formula is C16H25N3O2. The number of hydrogen-bond acceptors (Lipinski definition) is 5. The number of ether oxygens (including phenoxy) is 1. The fraction of sp³-hybridized carbons (Fsp3) is 0.688. The summed E-state index contributed by atoms with van der Waals surface area (Å²) < 4.78 is 4.83. The van der Waals surface area contributed by atoms with E-state index in [2.05, 4.69) is 34.8 Å². The topological polar surface area (TPSA) is 55.3 Å². The van der Waals surface area contributed by atoms with Gasteiger partial charge in [-0.05, 0) is 25.7 Å². The van der Waals surface area contributed by atoms with Gasteiger partial charge in [0, 0.05) is 30.8 Å². The first-order valence-corrected chi connectivity index (χ1v) is 7.84. The van der Waals surface area contributed by atoms with Crippen molar-refractivity contribution in [1.82, 2.24) is 9.97 Å². The Morgan fingerprint density at radius 2 is 2.00 bits per heavy atom. The third-order valence-corrected chi connectivity index (χ3v) is 4.43. The van der Waals surface area contributed by atoms with Crippen molar-refractivity contribution in [3.05, 3.63) is 18.1 Å². The number of nitrogens with zero attached hydrogens (tertiary/aromatic N) is 3. The number of carbonyl (C=O) groups is 1. The number of piperidine rings is 1. The molecule has 0 bridgehead atoms. The number of aromatic nitrogens is 2. The van der Waals surface area contributed by atoms with E-state index in [1.54, 1.807) is 6.33 Å². The monoisotopic (exact) mass is 291 g/mol. The summed E-state index contributed by atoms with van der Waals surface area (Å²) >= 11 is 0. The number of methoxy groups -OCH3 is 1. The molecule has 0 radical (unpaired) electrons. The van der Waals surface area contributed by atoms with Gasteiger partial charge in [-0.25, -0.2) is 9.97 Å². The summed E-state index contributed by atoms with van der Waals surface area (Å²) in [4.78, 5) is 22.6. The molecular weight excluding hydrogens is 266 g/mol. The zero-order valence-corrected chi connectivity index (χ0v) is 13.2. The van der Waals surface area contributed by atoms with Crippen molar-refractivity contribution < 1.29 is 9.53 Å². The highest BCUT2D eigenvalue weighted by atomic mass is 16.5. The predicted octanol–water partition coefficient (Wildman–Crippen LogP) is 2.77. The fourth-order valence-corrected chi connectivity index (χ4v) is 2.98. The Morgan fingerprint density at radius 3 is 2.57 bits per heavy atom. The molecule has 1 aromatic heterocycles. The van der Waals surface area contributed by atoms with Gasteiger partial charge in [0.1, 0.15) is 12.1 Å². The van der Waals surface area contributed by atoms with Crippen molar-refractivity contribution >= 4 is 11.8 Å². The maximum absolute atomic E-state index is 11.6. The summed E-state index contributed by atoms with van der Waals surface area (Å²) in [5.41, 5.74) is 1.13. The number of rotatable bonds is 5. The van der Waals surface area contributed by atoms with Gasteiger partial charge in [-0.3, -0.25) is 4.79 Å². The van der Waals surface area contributed by atoms with Crippen LogP contribution in [0.1, 0.15) is 51.1 Å². The summed E-state index contributed by atoms with van der Waals surface area (Å²) in [6.07, 6.45) is 5.51. The number of anilines is 1. The molecule has 0 amide bonds. The van der Waals surface area contributed by atoms with Gasteiger partial charge >= 0.3 is 5.97 Å². The standard InChI is InChI=1S/C16H25N3O2/c1-4-12(5-2)14-10-15(18-11-17-14)19-8-6-13(7-9-19)16(20)21-3/h10-13H,4-9H2,1-3H3. The zero-order valence-electron chi connectivity index (χ0n) is 13.2. The molecule has 0 spiro atoms. The molecule has 2 rings (SSSR count). The van der Waals surface area contributed by atoms with Gasteiger partial charge in [0.2, 0.25) is 0 Å². The molecule has 5 heteroatoms. The minimum Gasteiger partial charge on any atom is -0.469 e. The van der Waals surface area contributed by atoms with E-state index < -0.39 is 0 Å². The average molecular weight is 291 g/mol. The van der Waals surface area contributed by atoms with Crippen molar-refractivity contribution in [2.24, 2.45) is 5.92 Å². The van der Waals surface area contributed by atoms with Crippen molar-refractivity contribution in [2.45, 2.75) is 45.4 Å². The molecule has 1 aliphatic rings. The van der Waals surface area contributed by atoms with E-state index in [9.17, 15) is 4.79 Å². The molecule has 0 unspecified atom stereocenters. The molecule has 21 heavy (non-hydrogen) atoms. The average Bonchev–Trinajstić information content (AvgIpc) is 2.56. The Labute approximate surface area is 126 Å². The van der Waals surface area contributed by atoms with E-state index in [1.807, 2.05) is 0 Å². The lowest BCUT2D eigenvalue weighted by atomic mass is 9.96. The third kappa shape index (κ3) is 3.71. The maximum atomic E-state index is 11.6. The highest BCUT2D eigenvalue weighted by molar-refractivity contribution is 5.72. The second-order valence-corrected chi connectivity index (χ2v) is 5.60. The van der Waals surface area contributed by atoms with E-state index >= 15 is 0 Å². The molecule has 1 fully saturated rings. The molecule has 0 aliphatic carbocycles. The number of hydrogen-bond donors (Lipinski definition) is 0. The first kappa shape index (κ1) is 15.7. The molecule has 0 N–H and O–H groups in total. The van der Waals surface area contributed by atoms with Crippen LogP contribution in [0, 0.1) is 5.92 Å². The molecule has 116 valence electrons. The highest BCUT2D eigenvalue weighted by Crippen LogP contribution is 2.26. The first-order valence-electron chi connectivity index (χ1n) is 7.84. The molecule has 2 heterocycles. The summed E-state index contributed by atoms with van der Waals surface area (Å²) in [5, 5.41) is 0. The van der Waals surface area contributed by atoms with Gasteiger partial charge in [0.15, 0.2) is 0 Å². The van der Waals surface area contributed by atoms with Crippen LogP contribution in [-0.4, -0.2) is 36.1 Å². The lowest BCUT2D eigenvalue weighted by Crippen LogP contribution is -2.37. The molecule has 1 aliphatic heterocycles. The van der Waals surface area contributed by atoms with Gasteiger partial charge in [-0.1, -0.05) is 13.8 Å². The Balaban J connectivity index is 2.03. The van der Waals surface area contributed by atoms with E-state index in [1.165, 1.54) is 7.11 Å². The Hall–Kier alpha value is -1.65. The largest absolute Gasteiger partial charge is 0.469 e. The van der Waals surface area contributed by atoms with Crippen LogP contribution in [0.15, 0.2) is 12.4 Å². The van der Waals surface area contributed by atoms with E-state index in [0.717, 1.165) is 50.3 Å². The van der Waals surface area contributed by atoms with Crippen molar-refractivity contribution in [3.63, 3.8) is 0 Å². The number of carbonyl (C=O) groups excluding carboxylic acids is 1. The van der Waals surface area contributed by atoms with Gasteiger partial charge in [-0.15, -0.1) is 0 Å². The van der Waals surface area contributed by atoms with Crippen LogP contribution in [0.5, 0.6) is 0 Å². The SMILES string of the molecule is CCC(CC)c1cc(N2CCC(C(=O)OC)CC2)ncn1. The smallest absolute Gasteiger partial charge is 0.308 e. The van der Waals surface area contributed by atoms with Crippen LogP contribution in [0.25, 0.3) is 0 Å². The van der Waals surface area contributed by atoms with Crippen LogP contribution >= 0.6 is 0 Å². The zero-order chi connectivity index (χ0) is 15.2. The van der Waals surface area contributed by atoms with Crippen LogP contribution in [0.3, 0.4) is 0 Å². The van der Waals surface area contributed by atoms with Crippen molar-refractivity contribution in [2.75, 3.05) is 25.1 Å². The summed E-state index contributed by atoms with van der Waals surface area (Å²) in [5.74, 6) is 1.43. The summed E-state index contributed by atoms with van der Waals surface area (Å²) in [7, 11) is 1.46. The Morgan fingerprint density at radius 1 is 1.33 bits per heavy atom. The molecule has 0 aromatic carbocycles. The lowest BCUT2D eigenvalue weighted by molar-refractivity contribution is -0.146. The van der Waals surface area contributed by atoms with E-state index in [4.69, 9.17) is 4.74 Å². The van der Waals surface area contributed by atoms with Gasteiger partial charge in [-0.2, -0.15) is 0 Å². The van der Waals surface area contributed by atoms with Crippen LogP contribution in [0.2, 0.25) is 0 Å². The minimum absolute atomic E-state index is 0.0339. The summed E-state index contributed by atoms with van der Waals surface area (Å²) in [6, 6.07) is 2.11. The maximum Gasteiger partial charge on any atom is 0.308 e. The highest BCUT2D eigenvalue weighted by Gasteiger charge is 2.26. The van der Waals surface area contributed by atoms with Crippen LogP contribution in [0.4, 0.5) is 5.82 Å². The molecule has 1 saturated heterocycles.